The van der Waals surface area contributed by atoms with E-state index >= 15 is 0 Å². The number of halogens is 2. The van der Waals surface area contributed by atoms with E-state index in [9.17, 15) is 18.0 Å². The zero-order valence-corrected chi connectivity index (χ0v) is 18.9. The summed E-state index contributed by atoms with van der Waals surface area (Å²) in [5.74, 6) is -0.568. The van der Waals surface area contributed by atoms with E-state index in [0.29, 0.717) is 11.3 Å². The first-order valence-corrected chi connectivity index (χ1v) is 11.4. The molecular formula is C20H22Cl2N2O4S. The topological polar surface area (TPSA) is 85.2 Å². The molecule has 0 saturated heterocycles. The molecule has 2 rings (SSSR count). The van der Waals surface area contributed by atoms with Crippen molar-refractivity contribution in [3.8, 4) is 0 Å². The fraction of sp³-hybridized carbons (Fsp3) is 0.300. The third-order valence-corrected chi connectivity index (χ3v) is 5.82. The number of amides is 1. The van der Waals surface area contributed by atoms with Gasteiger partial charge in [-0.1, -0.05) is 55.3 Å². The molecule has 1 aromatic heterocycles. The monoisotopic (exact) mass is 456 g/mol. The van der Waals surface area contributed by atoms with Crippen molar-refractivity contribution >= 4 is 56.1 Å². The Hall–Kier alpha value is -2.09. The Morgan fingerprint density at radius 3 is 2.48 bits per heavy atom. The van der Waals surface area contributed by atoms with Gasteiger partial charge in [0.2, 0.25) is 10.0 Å². The van der Waals surface area contributed by atoms with Crippen molar-refractivity contribution in [2.75, 3.05) is 6.26 Å². The van der Waals surface area contributed by atoms with E-state index in [1.54, 1.807) is 19.1 Å². The number of aromatic nitrogens is 1. The van der Waals surface area contributed by atoms with Crippen LogP contribution in [0.15, 0.2) is 35.2 Å². The number of hydrogen-bond acceptors (Lipinski definition) is 4. The van der Waals surface area contributed by atoms with E-state index in [1.807, 2.05) is 18.6 Å². The van der Waals surface area contributed by atoms with E-state index in [4.69, 9.17) is 23.2 Å². The van der Waals surface area contributed by atoms with Gasteiger partial charge in [0, 0.05) is 16.6 Å². The minimum atomic E-state index is -3.74. The number of hydrogen-bond donors (Lipinski definition) is 1. The third kappa shape index (κ3) is 5.29. The number of fused-ring (bicyclic) bond motifs is 1. The van der Waals surface area contributed by atoms with Crippen LogP contribution in [0.4, 0.5) is 0 Å². The number of nitrogens with one attached hydrogen (secondary N) is 1. The number of carbonyl (C=O) groups is 1. The van der Waals surface area contributed by atoms with Crippen LogP contribution in [0, 0.1) is 12.8 Å². The minimum absolute atomic E-state index is 0.110. The third-order valence-electron chi connectivity index (χ3n) is 4.43. The molecule has 0 spiro atoms. The summed E-state index contributed by atoms with van der Waals surface area (Å²) in [5.41, 5.74) is 1.63. The van der Waals surface area contributed by atoms with Crippen molar-refractivity contribution in [3.05, 3.63) is 61.9 Å². The van der Waals surface area contributed by atoms with Crippen LogP contribution in [0.2, 0.25) is 10.0 Å². The lowest BCUT2D eigenvalue weighted by Crippen LogP contribution is -2.33. The van der Waals surface area contributed by atoms with Crippen molar-refractivity contribution in [2.45, 2.75) is 27.3 Å². The predicted molar refractivity (Wildman–Crippen MR) is 119 cm³/mol. The molecule has 0 fully saturated rings. The SMILES string of the molecule is C=C(/C=C\c1c(C)n(CC(=O)NS(C)(=O)=O)c2c(Cl)c(Cl)ccc2c1=O)C(C)C. The summed E-state index contributed by atoms with van der Waals surface area (Å²) in [6.45, 7) is 9.22. The van der Waals surface area contributed by atoms with Crippen molar-refractivity contribution in [1.82, 2.24) is 9.29 Å². The van der Waals surface area contributed by atoms with Crippen LogP contribution in [0.5, 0.6) is 0 Å². The lowest BCUT2D eigenvalue weighted by molar-refractivity contribution is -0.119. The van der Waals surface area contributed by atoms with Gasteiger partial charge in [-0.15, -0.1) is 0 Å². The second-order valence-corrected chi connectivity index (χ2v) is 9.57. The van der Waals surface area contributed by atoms with Crippen LogP contribution in [0.3, 0.4) is 0 Å². The van der Waals surface area contributed by atoms with Gasteiger partial charge in [-0.05, 0) is 31.1 Å². The molecule has 1 N–H and O–H groups in total. The Kier molecular flexibility index (Phi) is 6.98. The van der Waals surface area contributed by atoms with Gasteiger partial charge < -0.3 is 4.57 Å². The minimum Gasteiger partial charge on any atom is -0.333 e. The molecule has 1 heterocycles. The molecule has 1 amide bonds. The summed E-state index contributed by atoms with van der Waals surface area (Å²) in [7, 11) is -3.74. The predicted octanol–water partition coefficient (Wildman–Crippen LogP) is 3.92. The van der Waals surface area contributed by atoms with Gasteiger partial charge in [-0.2, -0.15) is 0 Å². The highest BCUT2D eigenvalue weighted by Crippen LogP contribution is 2.31. The van der Waals surface area contributed by atoms with Gasteiger partial charge in [-0.25, -0.2) is 8.42 Å². The van der Waals surface area contributed by atoms with Crippen molar-refractivity contribution in [1.29, 1.82) is 0 Å². The Morgan fingerprint density at radius 1 is 1.31 bits per heavy atom. The first-order chi connectivity index (χ1) is 13.3. The quantitative estimate of drug-likeness (QED) is 0.667. The number of carbonyl (C=O) groups excluding carboxylic acids is 1. The standard InChI is InChI=1S/C20H22Cl2N2O4S/c1-11(2)12(3)6-7-14-13(4)24(10-17(25)23-29(5,27)28)19-15(20(14)26)8-9-16(21)18(19)22/h6-9,11H,3,10H2,1-2,4-5H3,(H,23,25)/b7-6-. The molecule has 0 aliphatic carbocycles. The highest BCUT2D eigenvalue weighted by atomic mass is 35.5. The number of allylic oxidation sites excluding steroid dienone is 2. The second kappa shape index (κ2) is 8.73. The Labute approximate surface area is 179 Å². The van der Waals surface area contributed by atoms with Crippen molar-refractivity contribution in [3.63, 3.8) is 0 Å². The molecule has 0 radical (unpaired) electrons. The number of benzene rings is 1. The number of sulfonamides is 1. The molecule has 29 heavy (non-hydrogen) atoms. The highest BCUT2D eigenvalue weighted by Gasteiger charge is 2.19. The molecule has 0 aliphatic rings. The number of nitrogens with zero attached hydrogens (tertiary/aromatic N) is 1. The molecule has 1 aromatic carbocycles. The fourth-order valence-corrected chi connectivity index (χ4v) is 3.67. The highest BCUT2D eigenvalue weighted by molar-refractivity contribution is 7.89. The van der Waals surface area contributed by atoms with Gasteiger partial charge >= 0.3 is 0 Å². The smallest absolute Gasteiger partial charge is 0.253 e. The first-order valence-electron chi connectivity index (χ1n) is 8.72. The van der Waals surface area contributed by atoms with Crippen LogP contribution in [-0.2, 0) is 21.4 Å². The summed E-state index contributed by atoms with van der Waals surface area (Å²) in [4.78, 5) is 25.3. The maximum atomic E-state index is 13.1. The van der Waals surface area contributed by atoms with Gasteiger partial charge in [0.05, 0.1) is 21.8 Å². The molecule has 0 saturated carbocycles. The zero-order valence-electron chi connectivity index (χ0n) is 16.5. The van der Waals surface area contributed by atoms with E-state index in [2.05, 4.69) is 6.58 Å². The molecule has 0 aliphatic heterocycles. The van der Waals surface area contributed by atoms with E-state index in [0.717, 1.165) is 11.8 Å². The lowest BCUT2D eigenvalue weighted by Gasteiger charge is -2.18. The molecular weight excluding hydrogens is 435 g/mol. The van der Waals surface area contributed by atoms with E-state index in [-0.39, 0.29) is 38.8 Å². The second-order valence-electron chi connectivity index (χ2n) is 7.03. The maximum Gasteiger partial charge on any atom is 0.253 e. The fourth-order valence-electron chi connectivity index (χ4n) is 2.77. The molecule has 0 atom stereocenters. The normalized spacial score (nSPS) is 12.1. The van der Waals surface area contributed by atoms with Crippen molar-refractivity contribution < 1.29 is 13.2 Å². The van der Waals surface area contributed by atoms with Crippen LogP contribution in [-0.4, -0.2) is 25.1 Å². The summed E-state index contributed by atoms with van der Waals surface area (Å²) in [6, 6.07) is 3.04. The van der Waals surface area contributed by atoms with Crippen LogP contribution in [0.1, 0.15) is 25.1 Å². The summed E-state index contributed by atoms with van der Waals surface area (Å²) < 4.78 is 26.2. The largest absolute Gasteiger partial charge is 0.333 e. The van der Waals surface area contributed by atoms with Gasteiger partial charge in [0.25, 0.3) is 5.91 Å². The van der Waals surface area contributed by atoms with Crippen LogP contribution < -0.4 is 10.2 Å². The zero-order chi connectivity index (χ0) is 22.1. The van der Waals surface area contributed by atoms with Crippen molar-refractivity contribution in [2.24, 2.45) is 5.92 Å². The van der Waals surface area contributed by atoms with Crippen LogP contribution in [0.25, 0.3) is 17.0 Å². The van der Waals surface area contributed by atoms with Crippen LogP contribution >= 0.6 is 23.2 Å². The molecule has 0 bridgehead atoms. The lowest BCUT2D eigenvalue weighted by atomic mass is 10.0. The van der Waals surface area contributed by atoms with Gasteiger partial charge in [0.1, 0.15) is 6.54 Å². The average Bonchev–Trinajstić information content (AvgIpc) is 2.59. The van der Waals surface area contributed by atoms with Gasteiger partial charge in [-0.3, -0.25) is 14.3 Å². The Balaban J connectivity index is 2.78. The molecule has 9 heteroatoms. The summed E-state index contributed by atoms with van der Waals surface area (Å²) >= 11 is 12.5. The summed E-state index contributed by atoms with van der Waals surface area (Å²) in [6.07, 6.45) is 4.28. The first kappa shape index (κ1) is 23.2. The van der Waals surface area contributed by atoms with E-state index in [1.165, 1.54) is 16.7 Å². The molecule has 6 nitrogen and oxygen atoms in total. The average molecular weight is 457 g/mol. The number of pyridine rings is 1. The maximum absolute atomic E-state index is 13.1. The Morgan fingerprint density at radius 2 is 1.93 bits per heavy atom. The molecule has 0 unspecified atom stereocenters. The Bertz CT molecular complexity index is 1200. The molecule has 2 aromatic rings. The molecule has 156 valence electrons. The van der Waals surface area contributed by atoms with E-state index < -0.39 is 15.9 Å². The summed E-state index contributed by atoms with van der Waals surface area (Å²) in [5, 5.41) is 0.595. The van der Waals surface area contributed by atoms with Gasteiger partial charge in [0.15, 0.2) is 5.43 Å². The number of rotatable bonds is 6.